The van der Waals surface area contributed by atoms with Crippen molar-refractivity contribution < 1.29 is 19.4 Å². The van der Waals surface area contributed by atoms with Gasteiger partial charge in [0.15, 0.2) is 0 Å². The second-order valence-electron chi connectivity index (χ2n) is 4.41. The van der Waals surface area contributed by atoms with Crippen LogP contribution < -0.4 is 5.32 Å². The first-order chi connectivity index (χ1) is 10.5. The number of carbonyl (C=O) groups excluding carboxylic acids is 2. The third kappa shape index (κ3) is 3.77. The molecule has 0 aromatic heterocycles. The van der Waals surface area contributed by atoms with Gasteiger partial charge in [-0.2, -0.15) is 0 Å². The fourth-order valence-electron chi connectivity index (χ4n) is 1.79. The summed E-state index contributed by atoms with van der Waals surface area (Å²) in [6.07, 6.45) is 0. The van der Waals surface area contributed by atoms with Crippen LogP contribution in [0.15, 0.2) is 42.5 Å². The minimum absolute atomic E-state index is 0.0713. The number of phenols is 1. The Morgan fingerprint density at radius 2 is 1.86 bits per heavy atom. The van der Waals surface area contributed by atoms with Crippen molar-refractivity contribution in [1.29, 1.82) is 0 Å². The number of hydrogen-bond donors (Lipinski definition) is 2. The Kier molecular flexibility index (Phi) is 5.01. The van der Waals surface area contributed by atoms with Crippen LogP contribution in [0.5, 0.6) is 5.75 Å². The van der Waals surface area contributed by atoms with Gasteiger partial charge < -0.3 is 15.2 Å². The van der Waals surface area contributed by atoms with Crippen LogP contribution >= 0.6 is 11.6 Å². The summed E-state index contributed by atoms with van der Waals surface area (Å²) in [5.74, 6) is -1.08. The summed E-state index contributed by atoms with van der Waals surface area (Å²) in [4.78, 5) is 23.6. The average Bonchev–Trinajstić information content (AvgIpc) is 2.50. The Hall–Kier alpha value is -2.53. The largest absolute Gasteiger partial charge is 0.507 e. The van der Waals surface area contributed by atoms with Gasteiger partial charge in [-0.05, 0) is 49.4 Å². The molecule has 0 aliphatic rings. The van der Waals surface area contributed by atoms with Crippen molar-refractivity contribution in [3.05, 3.63) is 58.6 Å². The van der Waals surface area contributed by atoms with E-state index >= 15 is 0 Å². The quantitative estimate of drug-likeness (QED) is 0.846. The molecule has 0 unspecified atom stereocenters. The standard InChI is InChI=1S/C16H14ClNO4/c1-2-22-16(21)10-3-6-12(7-4-10)18-15(20)13-9-11(17)5-8-14(13)19/h3-9,19H,2H2,1H3,(H,18,20). The third-order valence-corrected chi connectivity index (χ3v) is 3.09. The second kappa shape index (κ2) is 6.95. The summed E-state index contributed by atoms with van der Waals surface area (Å²) in [7, 11) is 0. The molecule has 22 heavy (non-hydrogen) atoms. The van der Waals surface area contributed by atoms with Crippen molar-refractivity contribution in [2.24, 2.45) is 0 Å². The van der Waals surface area contributed by atoms with Crippen molar-refractivity contribution in [1.82, 2.24) is 0 Å². The fourth-order valence-corrected chi connectivity index (χ4v) is 1.96. The molecule has 0 spiro atoms. The van der Waals surface area contributed by atoms with E-state index in [1.54, 1.807) is 31.2 Å². The molecule has 0 bridgehead atoms. The number of benzene rings is 2. The van der Waals surface area contributed by atoms with Gasteiger partial charge in [-0.3, -0.25) is 4.79 Å². The highest BCUT2D eigenvalue weighted by Gasteiger charge is 2.12. The molecule has 2 N–H and O–H groups in total. The average molecular weight is 320 g/mol. The number of hydrogen-bond acceptors (Lipinski definition) is 4. The van der Waals surface area contributed by atoms with E-state index in [1.165, 1.54) is 18.2 Å². The van der Waals surface area contributed by atoms with Crippen LogP contribution in [0, 0.1) is 0 Å². The summed E-state index contributed by atoms with van der Waals surface area (Å²) >= 11 is 5.81. The number of ether oxygens (including phenoxy) is 1. The molecule has 0 aliphatic carbocycles. The zero-order chi connectivity index (χ0) is 16.1. The molecule has 0 heterocycles. The topological polar surface area (TPSA) is 75.6 Å². The van der Waals surface area contributed by atoms with Crippen LogP contribution in [0.25, 0.3) is 0 Å². The maximum atomic E-state index is 12.1. The van der Waals surface area contributed by atoms with E-state index in [-0.39, 0.29) is 11.3 Å². The van der Waals surface area contributed by atoms with Crippen molar-refractivity contribution in [3.63, 3.8) is 0 Å². The van der Waals surface area contributed by atoms with Gasteiger partial charge >= 0.3 is 5.97 Å². The number of rotatable bonds is 4. The molecule has 0 saturated heterocycles. The molecule has 2 aromatic carbocycles. The number of phenolic OH excluding ortho intramolecular Hbond substituents is 1. The molecule has 0 saturated carbocycles. The van der Waals surface area contributed by atoms with Crippen molar-refractivity contribution in [3.8, 4) is 5.75 Å². The highest BCUT2D eigenvalue weighted by molar-refractivity contribution is 6.31. The Balaban J connectivity index is 2.12. The van der Waals surface area contributed by atoms with E-state index in [0.717, 1.165) is 0 Å². The van der Waals surface area contributed by atoms with E-state index in [2.05, 4.69) is 5.32 Å². The monoisotopic (exact) mass is 319 g/mol. The van der Waals surface area contributed by atoms with Gasteiger partial charge in [0, 0.05) is 10.7 Å². The fraction of sp³-hybridized carbons (Fsp3) is 0.125. The molecular weight excluding hydrogens is 306 g/mol. The number of nitrogens with one attached hydrogen (secondary N) is 1. The maximum absolute atomic E-state index is 12.1. The highest BCUT2D eigenvalue weighted by atomic mass is 35.5. The molecular formula is C16H14ClNO4. The molecule has 114 valence electrons. The lowest BCUT2D eigenvalue weighted by molar-refractivity contribution is 0.0526. The van der Waals surface area contributed by atoms with Crippen LogP contribution in [0.4, 0.5) is 5.69 Å². The third-order valence-electron chi connectivity index (χ3n) is 2.86. The van der Waals surface area contributed by atoms with Crippen LogP contribution in [-0.4, -0.2) is 23.6 Å². The van der Waals surface area contributed by atoms with Crippen LogP contribution in [0.2, 0.25) is 5.02 Å². The van der Waals surface area contributed by atoms with E-state index < -0.39 is 11.9 Å². The zero-order valence-electron chi connectivity index (χ0n) is 11.8. The van der Waals surface area contributed by atoms with E-state index in [4.69, 9.17) is 16.3 Å². The summed E-state index contributed by atoms with van der Waals surface area (Å²) in [5, 5.41) is 12.6. The smallest absolute Gasteiger partial charge is 0.338 e. The van der Waals surface area contributed by atoms with Crippen LogP contribution in [0.1, 0.15) is 27.6 Å². The van der Waals surface area contributed by atoms with E-state index in [1.807, 2.05) is 0 Å². The maximum Gasteiger partial charge on any atom is 0.338 e. The van der Waals surface area contributed by atoms with Crippen molar-refractivity contribution in [2.75, 3.05) is 11.9 Å². The highest BCUT2D eigenvalue weighted by Crippen LogP contribution is 2.22. The number of aromatic hydroxyl groups is 1. The Bertz CT molecular complexity index is 698. The predicted molar refractivity (Wildman–Crippen MR) is 83.5 cm³/mol. The SMILES string of the molecule is CCOC(=O)c1ccc(NC(=O)c2cc(Cl)ccc2O)cc1. The van der Waals surface area contributed by atoms with Crippen LogP contribution in [-0.2, 0) is 4.74 Å². The summed E-state index contributed by atoms with van der Waals surface area (Å²) in [5.41, 5.74) is 0.949. The van der Waals surface area contributed by atoms with Gasteiger partial charge in [-0.15, -0.1) is 0 Å². The lowest BCUT2D eigenvalue weighted by Crippen LogP contribution is -2.12. The lowest BCUT2D eigenvalue weighted by atomic mass is 10.1. The minimum atomic E-state index is -0.496. The predicted octanol–water partition coefficient (Wildman–Crippen LogP) is 3.47. The Labute approximate surface area is 132 Å². The molecule has 2 aromatic rings. The zero-order valence-corrected chi connectivity index (χ0v) is 12.6. The lowest BCUT2D eigenvalue weighted by Gasteiger charge is -2.08. The Morgan fingerprint density at radius 1 is 1.18 bits per heavy atom. The van der Waals surface area contributed by atoms with Gasteiger partial charge in [0.1, 0.15) is 5.75 Å². The minimum Gasteiger partial charge on any atom is -0.507 e. The van der Waals surface area contributed by atoms with E-state index in [0.29, 0.717) is 22.9 Å². The Morgan fingerprint density at radius 3 is 2.50 bits per heavy atom. The number of amides is 1. The first kappa shape index (κ1) is 15.9. The summed E-state index contributed by atoms with van der Waals surface area (Å²) in [6, 6.07) is 10.5. The van der Waals surface area contributed by atoms with Gasteiger partial charge in [0.2, 0.25) is 0 Å². The first-order valence-corrected chi connectivity index (χ1v) is 6.96. The number of esters is 1. The van der Waals surface area contributed by atoms with Gasteiger partial charge in [0.05, 0.1) is 17.7 Å². The molecule has 2 rings (SSSR count). The second-order valence-corrected chi connectivity index (χ2v) is 4.85. The van der Waals surface area contributed by atoms with Gasteiger partial charge in [-0.25, -0.2) is 4.79 Å². The number of halogens is 1. The molecule has 6 heteroatoms. The molecule has 0 atom stereocenters. The van der Waals surface area contributed by atoms with Gasteiger partial charge in [0.25, 0.3) is 5.91 Å². The van der Waals surface area contributed by atoms with E-state index in [9.17, 15) is 14.7 Å². The molecule has 5 nitrogen and oxygen atoms in total. The molecule has 0 aliphatic heterocycles. The number of anilines is 1. The van der Waals surface area contributed by atoms with Crippen LogP contribution in [0.3, 0.4) is 0 Å². The van der Waals surface area contributed by atoms with Crippen molar-refractivity contribution >= 4 is 29.2 Å². The summed E-state index contributed by atoms with van der Waals surface area (Å²) < 4.78 is 4.87. The van der Waals surface area contributed by atoms with Gasteiger partial charge in [-0.1, -0.05) is 11.6 Å². The molecule has 1 amide bonds. The number of carbonyl (C=O) groups is 2. The van der Waals surface area contributed by atoms with Crippen molar-refractivity contribution in [2.45, 2.75) is 6.92 Å². The molecule has 0 fully saturated rings. The first-order valence-electron chi connectivity index (χ1n) is 6.58. The summed E-state index contributed by atoms with van der Waals surface area (Å²) in [6.45, 7) is 2.02. The normalized spacial score (nSPS) is 10.1. The molecule has 0 radical (unpaired) electrons.